The summed E-state index contributed by atoms with van der Waals surface area (Å²) < 4.78 is 27.0. The van der Waals surface area contributed by atoms with Gasteiger partial charge in [-0.2, -0.15) is 0 Å². The van der Waals surface area contributed by atoms with Crippen molar-refractivity contribution < 1.29 is 13.2 Å². The van der Waals surface area contributed by atoms with Gasteiger partial charge in [0.15, 0.2) is 5.69 Å². The van der Waals surface area contributed by atoms with Gasteiger partial charge >= 0.3 is 0 Å². The molecular formula is C15H8BrCl2N3O4S. The van der Waals surface area contributed by atoms with Gasteiger partial charge in [0.2, 0.25) is 0 Å². The lowest BCUT2D eigenvalue weighted by molar-refractivity contribution is 0.0975. The van der Waals surface area contributed by atoms with E-state index in [4.69, 9.17) is 23.2 Å². The lowest BCUT2D eigenvalue weighted by atomic mass is 10.3. The first kappa shape index (κ1) is 18.8. The van der Waals surface area contributed by atoms with Gasteiger partial charge in [0.25, 0.3) is 21.5 Å². The summed E-state index contributed by atoms with van der Waals surface area (Å²) in [5.41, 5.74) is -1.03. The number of hydrogen-bond acceptors (Lipinski definition) is 5. The van der Waals surface area contributed by atoms with E-state index in [1.165, 1.54) is 36.4 Å². The van der Waals surface area contributed by atoms with Gasteiger partial charge in [0, 0.05) is 4.47 Å². The average Bonchev–Trinajstić information content (AvgIpc) is 2.56. The van der Waals surface area contributed by atoms with Crippen LogP contribution in [0.2, 0.25) is 10.0 Å². The van der Waals surface area contributed by atoms with Gasteiger partial charge in [0.1, 0.15) is 0 Å². The molecule has 3 rings (SSSR count). The van der Waals surface area contributed by atoms with Crippen LogP contribution >= 0.6 is 39.1 Å². The van der Waals surface area contributed by atoms with Crippen LogP contribution in [0.5, 0.6) is 0 Å². The number of aromatic amines is 1. The van der Waals surface area contributed by atoms with E-state index in [1.54, 1.807) is 0 Å². The zero-order valence-electron chi connectivity index (χ0n) is 12.6. The number of hydrogen-bond donors (Lipinski definition) is 2. The molecule has 3 aromatic rings. The van der Waals surface area contributed by atoms with Crippen molar-refractivity contribution in [3.63, 3.8) is 0 Å². The molecule has 1 heterocycles. The maximum atomic E-state index is 12.3. The van der Waals surface area contributed by atoms with Crippen molar-refractivity contribution in [2.75, 3.05) is 0 Å². The highest BCUT2D eigenvalue weighted by Crippen LogP contribution is 2.25. The summed E-state index contributed by atoms with van der Waals surface area (Å²) in [6.45, 7) is 0. The number of H-pyrrole nitrogens is 1. The Morgan fingerprint density at radius 3 is 2.38 bits per heavy atom. The van der Waals surface area contributed by atoms with Crippen LogP contribution in [-0.2, 0) is 10.0 Å². The molecule has 1 amide bonds. The number of fused-ring (bicyclic) bond motifs is 1. The molecule has 0 saturated heterocycles. The van der Waals surface area contributed by atoms with E-state index in [-0.39, 0.29) is 26.0 Å². The average molecular weight is 477 g/mol. The fraction of sp³-hybridized carbons (Fsp3) is 0. The monoisotopic (exact) mass is 475 g/mol. The highest BCUT2D eigenvalue weighted by molar-refractivity contribution is 9.10. The van der Waals surface area contributed by atoms with E-state index < -0.39 is 27.2 Å². The first-order valence-electron chi connectivity index (χ1n) is 6.89. The van der Waals surface area contributed by atoms with Crippen LogP contribution in [0.3, 0.4) is 0 Å². The fourth-order valence-corrected chi connectivity index (χ4v) is 3.62. The molecule has 0 radical (unpaired) electrons. The van der Waals surface area contributed by atoms with Crippen molar-refractivity contribution in [3.8, 4) is 0 Å². The van der Waals surface area contributed by atoms with Crippen molar-refractivity contribution in [2.24, 2.45) is 0 Å². The topological polar surface area (TPSA) is 109 Å². The number of nitrogens with one attached hydrogen (secondary N) is 2. The Bertz CT molecular complexity index is 1190. The lowest BCUT2D eigenvalue weighted by Gasteiger charge is -2.07. The molecule has 0 aliphatic rings. The minimum Gasteiger partial charge on any atom is -0.319 e. The number of rotatable bonds is 3. The molecule has 2 N–H and O–H groups in total. The summed E-state index contributed by atoms with van der Waals surface area (Å²) in [6, 6.07) is 8.36. The first-order chi connectivity index (χ1) is 12.2. The molecule has 0 spiro atoms. The maximum absolute atomic E-state index is 12.3. The highest BCUT2D eigenvalue weighted by Gasteiger charge is 2.22. The van der Waals surface area contributed by atoms with Crippen LogP contribution in [0.25, 0.3) is 11.0 Å². The van der Waals surface area contributed by atoms with E-state index in [2.05, 4.69) is 25.9 Å². The second-order valence-electron chi connectivity index (χ2n) is 5.09. The maximum Gasteiger partial charge on any atom is 0.289 e. The van der Waals surface area contributed by atoms with E-state index in [0.717, 1.165) is 0 Å². The number of benzene rings is 2. The third-order valence-corrected chi connectivity index (χ3v) is 5.90. The van der Waals surface area contributed by atoms with E-state index in [9.17, 15) is 18.0 Å². The molecule has 7 nitrogen and oxygen atoms in total. The van der Waals surface area contributed by atoms with E-state index in [0.29, 0.717) is 4.47 Å². The van der Waals surface area contributed by atoms with Crippen LogP contribution in [-0.4, -0.2) is 24.3 Å². The van der Waals surface area contributed by atoms with Gasteiger partial charge < -0.3 is 4.98 Å². The summed E-state index contributed by atoms with van der Waals surface area (Å²) >= 11 is 14.9. The number of amides is 1. The van der Waals surface area contributed by atoms with Crippen LogP contribution in [0, 0.1) is 0 Å². The molecule has 0 bridgehead atoms. The van der Waals surface area contributed by atoms with Crippen LogP contribution in [0.15, 0.2) is 50.6 Å². The molecule has 0 atom stereocenters. The van der Waals surface area contributed by atoms with Crippen molar-refractivity contribution in [1.82, 2.24) is 14.7 Å². The van der Waals surface area contributed by atoms with Crippen molar-refractivity contribution in [3.05, 3.63) is 67.0 Å². The normalized spacial score (nSPS) is 11.5. The van der Waals surface area contributed by atoms with Crippen molar-refractivity contribution >= 4 is 66.1 Å². The number of carbonyl (C=O) groups excluding carboxylic acids is 1. The Labute approximate surface area is 165 Å². The third-order valence-electron chi connectivity index (χ3n) is 3.30. The smallest absolute Gasteiger partial charge is 0.289 e. The Morgan fingerprint density at radius 1 is 1.12 bits per heavy atom. The molecular weight excluding hydrogens is 469 g/mol. The second kappa shape index (κ2) is 6.99. The van der Waals surface area contributed by atoms with Gasteiger partial charge in [0.05, 0.1) is 26.0 Å². The van der Waals surface area contributed by atoms with Gasteiger partial charge in [-0.3, -0.25) is 9.59 Å². The molecule has 2 aromatic carbocycles. The van der Waals surface area contributed by atoms with Crippen molar-refractivity contribution in [1.29, 1.82) is 0 Å². The van der Waals surface area contributed by atoms with Gasteiger partial charge in [-0.1, -0.05) is 39.1 Å². The van der Waals surface area contributed by atoms with Crippen molar-refractivity contribution in [2.45, 2.75) is 4.90 Å². The zero-order chi connectivity index (χ0) is 19.1. The molecule has 11 heteroatoms. The quantitative estimate of drug-likeness (QED) is 0.603. The first-order valence-corrected chi connectivity index (χ1v) is 9.92. The summed E-state index contributed by atoms with van der Waals surface area (Å²) in [7, 11) is -4.17. The molecule has 0 saturated carbocycles. The highest BCUT2D eigenvalue weighted by atomic mass is 79.9. The number of nitrogens with zero attached hydrogens (tertiary/aromatic N) is 1. The predicted molar refractivity (Wildman–Crippen MR) is 101 cm³/mol. The molecule has 0 aliphatic carbocycles. The molecule has 0 aliphatic heterocycles. The van der Waals surface area contributed by atoms with Crippen LogP contribution in [0.1, 0.15) is 10.5 Å². The molecule has 1 aromatic heterocycles. The Morgan fingerprint density at radius 2 is 1.73 bits per heavy atom. The standard InChI is InChI=1S/C15H8BrCl2N3O4S/c16-7-1-3-8(4-2-7)26(24,25)21-15(23)13-14(22)20-12-6-10(18)9(17)5-11(12)19-13/h1-6H,(H,20,22)(H,21,23). The molecule has 0 unspecified atom stereocenters. The predicted octanol–water partition coefficient (Wildman–Crippen LogP) is 3.11. The van der Waals surface area contributed by atoms with Crippen LogP contribution in [0.4, 0.5) is 0 Å². The molecule has 0 fully saturated rings. The largest absolute Gasteiger partial charge is 0.319 e. The summed E-state index contributed by atoms with van der Waals surface area (Å²) in [6.07, 6.45) is 0. The van der Waals surface area contributed by atoms with E-state index >= 15 is 0 Å². The van der Waals surface area contributed by atoms with Gasteiger partial charge in [-0.15, -0.1) is 0 Å². The minimum atomic E-state index is -4.17. The lowest BCUT2D eigenvalue weighted by Crippen LogP contribution is -2.35. The van der Waals surface area contributed by atoms with Crippen LogP contribution < -0.4 is 10.3 Å². The number of aromatic nitrogens is 2. The zero-order valence-corrected chi connectivity index (χ0v) is 16.5. The molecule has 134 valence electrons. The number of sulfonamides is 1. The minimum absolute atomic E-state index is 0.138. The fourth-order valence-electron chi connectivity index (χ4n) is 2.08. The SMILES string of the molecule is O=C(NS(=O)(=O)c1ccc(Br)cc1)c1nc2cc(Cl)c(Cl)cc2[nH]c1=O. The van der Waals surface area contributed by atoms with E-state index in [1.807, 2.05) is 4.72 Å². The summed E-state index contributed by atoms with van der Waals surface area (Å²) in [4.78, 5) is 30.5. The number of carbonyl (C=O) groups is 1. The Kier molecular flexibility index (Phi) is 5.07. The Hall–Kier alpha value is -1.94. The summed E-state index contributed by atoms with van der Waals surface area (Å²) in [5, 5.41) is 0.374. The molecule has 26 heavy (non-hydrogen) atoms. The third kappa shape index (κ3) is 3.75. The van der Waals surface area contributed by atoms with Gasteiger partial charge in [-0.25, -0.2) is 18.1 Å². The summed E-state index contributed by atoms with van der Waals surface area (Å²) in [5.74, 6) is -1.16. The number of halogens is 3. The Balaban J connectivity index is 1.99. The second-order valence-corrected chi connectivity index (χ2v) is 8.50. The van der Waals surface area contributed by atoms with Gasteiger partial charge in [-0.05, 0) is 36.4 Å².